The van der Waals surface area contributed by atoms with E-state index in [4.69, 9.17) is 10.2 Å². The minimum absolute atomic E-state index is 0. The second kappa shape index (κ2) is 17.8. The summed E-state index contributed by atoms with van der Waals surface area (Å²) in [4.78, 5) is 20.5. The summed E-state index contributed by atoms with van der Waals surface area (Å²) in [5.41, 5.74) is 0. The maximum Gasteiger partial charge on any atom is 0.303 e. The van der Waals surface area contributed by atoms with Gasteiger partial charge in [-0.05, 0) is 37.5 Å². The van der Waals surface area contributed by atoms with E-state index in [1.165, 1.54) is 64.2 Å². The Labute approximate surface area is 169 Å². The third kappa shape index (κ3) is 15.7. The molecule has 5 nitrogen and oxygen atoms in total. The first kappa shape index (κ1) is 27.6. The number of hydrogen-bond donors (Lipinski definition) is 2. The van der Waals surface area contributed by atoms with Crippen molar-refractivity contribution in [3.05, 3.63) is 0 Å². The van der Waals surface area contributed by atoms with Crippen molar-refractivity contribution in [2.24, 2.45) is 11.8 Å². The van der Waals surface area contributed by atoms with Crippen molar-refractivity contribution in [1.29, 1.82) is 0 Å². The smallest absolute Gasteiger partial charge is 0.303 e. The third-order valence-electron chi connectivity index (χ3n) is 5.46. The molecule has 2 rings (SSSR count). The number of rotatable bonds is 8. The van der Waals surface area contributed by atoms with E-state index in [1.54, 1.807) is 0 Å². The number of carboxylic acid groups (broad SMARTS) is 2. The lowest BCUT2D eigenvalue weighted by Crippen LogP contribution is -2.06. The van der Waals surface area contributed by atoms with Crippen LogP contribution in [0.5, 0.6) is 0 Å². The molecular formula is C20H38AlO5. The monoisotopic (exact) mass is 385 g/mol. The van der Waals surface area contributed by atoms with Crippen molar-refractivity contribution in [3.63, 3.8) is 0 Å². The summed E-state index contributed by atoms with van der Waals surface area (Å²) >= 11 is 0. The van der Waals surface area contributed by atoms with Gasteiger partial charge in [-0.25, -0.2) is 0 Å². The second-order valence-electron chi connectivity index (χ2n) is 7.58. The average Bonchev–Trinajstić information content (AvgIpc) is 2.57. The van der Waals surface area contributed by atoms with Crippen LogP contribution in [0, 0.1) is 11.8 Å². The van der Waals surface area contributed by atoms with Gasteiger partial charge in [0.25, 0.3) is 0 Å². The van der Waals surface area contributed by atoms with E-state index in [-0.39, 0.29) is 22.8 Å². The highest BCUT2D eigenvalue weighted by molar-refractivity contribution is 5.75. The van der Waals surface area contributed by atoms with E-state index in [9.17, 15) is 9.59 Å². The Morgan fingerprint density at radius 1 is 0.654 bits per heavy atom. The maximum absolute atomic E-state index is 10.2. The highest BCUT2D eigenvalue weighted by Gasteiger charge is 2.13. The molecule has 0 saturated heterocycles. The van der Waals surface area contributed by atoms with E-state index < -0.39 is 11.9 Å². The van der Waals surface area contributed by atoms with Crippen LogP contribution in [0.2, 0.25) is 0 Å². The van der Waals surface area contributed by atoms with Gasteiger partial charge >= 0.3 is 11.9 Å². The molecule has 6 heteroatoms. The molecule has 0 amide bonds. The molecule has 0 aromatic heterocycles. The van der Waals surface area contributed by atoms with Gasteiger partial charge in [-0.15, -0.1) is 0 Å². The van der Waals surface area contributed by atoms with Gasteiger partial charge in [0, 0.05) is 30.2 Å². The summed E-state index contributed by atoms with van der Waals surface area (Å²) in [7, 11) is 0. The zero-order chi connectivity index (χ0) is 17.6. The number of hydrogen-bond acceptors (Lipinski definition) is 2. The predicted molar refractivity (Wildman–Crippen MR) is 105 cm³/mol. The number of carboxylic acids is 2. The molecule has 26 heavy (non-hydrogen) atoms. The average molecular weight is 386 g/mol. The Balaban J connectivity index is 0. The molecule has 3 radical (unpaired) electrons. The molecule has 0 atom stereocenters. The Morgan fingerprint density at radius 3 is 1.23 bits per heavy atom. The Hall–Kier alpha value is -0.568. The second-order valence-corrected chi connectivity index (χ2v) is 7.58. The van der Waals surface area contributed by atoms with Crippen LogP contribution < -0.4 is 0 Å². The van der Waals surface area contributed by atoms with Crippen LogP contribution in [0.1, 0.15) is 103 Å². The van der Waals surface area contributed by atoms with Gasteiger partial charge in [0.2, 0.25) is 0 Å². The summed E-state index contributed by atoms with van der Waals surface area (Å²) in [6, 6.07) is 0. The summed E-state index contributed by atoms with van der Waals surface area (Å²) in [6.07, 6.45) is 18.3. The van der Waals surface area contributed by atoms with Crippen molar-refractivity contribution in [2.75, 3.05) is 0 Å². The molecule has 0 aromatic carbocycles. The molecule has 2 aliphatic carbocycles. The van der Waals surface area contributed by atoms with Crippen LogP contribution in [-0.4, -0.2) is 45.0 Å². The van der Waals surface area contributed by atoms with Crippen LogP contribution >= 0.6 is 0 Å². The minimum Gasteiger partial charge on any atom is -0.481 e. The molecule has 0 unspecified atom stereocenters. The molecule has 0 aromatic rings. The molecule has 4 N–H and O–H groups in total. The van der Waals surface area contributed by atoms with Gasteiger partial charge < -0.3 is 15.7 Å². The predicted octanol–water partition coefficient (Wildman–Crippen LogP) is 4.44. The lowest BCUT2D eigenvalue weighted by atomic mass is 9.86. The molecule has 2 aliphatic rings. The van der Waals surface area contributed by atoms with Gasteiger partial charge in [0.1, 0.15) is 0 Å². The molecule has 0 heterocycles. The highest BCUT2D eigenvalue weighted by Crippen LogP contribution is 2.28. The summed E-state index contributed by atoms with van der Waals surface area (Å²) in [5, 5.41) is 16.9. The normalized spacial score (nSPS) is 17.8. The topological polar surface area (TPSA) is 106 Å². The zero-order valence-electron chi connectivity index (χ0n) is 16.3. The number of carbonyl (C=O) groups is 2. The lowest BCUT2D eigenvalue weighted by molar-refractivity contribution is -0.138. The summed E-state index contributed by atoms with van der Waals surface area (Å²) in [5.74, 6) is 0.368. The maximum atomic E-state index is 10.2. The summed E-state index contributed by atoms with van der Waals surface area (Å²) < 4.78 is 0. The Morgan fingerprint density at radius 2 is 0.962 bits per heavy atom. The largest absolute Gasteiger partial charge is 0.481 e. The molecular weight excluding hydrogens is 347 g/mol. The fourth-order valence-electron chi connectivity index (χ4n) is 4.04. The van der Waals surface area contributed by atoms with Crippen molar-refractivity contribution in [1.82, 2.24) is 0 Å². The fraction of sp³-hybridized carbons (Fsp3) is 0.900. The van der Waals surface area contributed by atoms with Crippen molar-refractivity contribution in [3.8, 4) is 0 Å². The lowest BCUT2D eigenvalue weighted by Gasteiger charge is -2.20. The SMILES string of the molecule is O.O=C(O)CCCC1CCCCC1.O=C(O)CCCC1CCCCC1.[Al]. The minimum atomic E-state index is -0.647. The highest BCUT2D eigenvalue weighted by atomic mass is 27.0. The first-order valence-corrected chi connectivity index (χ1v) is 10.0. The van der Waals surface area contributed by atoms with Crippen LogP contribution in [0.25, 0.3) is 0 Å². The third-order valence-corrected chi connectivity index (χ3v) is 5.46. The molecule has 0 bridgehead atoms. The van der Waals surface area contributed by atoms with Crippen LogP contribution in [-0.2, 0) is 9.59 Å². The van der Waals surface area contributed by atoms with Gasteiger partial charge in [-0.3, -0.25) is 9.59 Å². The molecule has 0 aliphatic heterocycles. The molecule has 0 spiro atoms. The molecule has 2 fully saturated rings. The quantitative estimate of drug-likeness (QED) is 0.602. The van der Waals surface area contributed by atoms with E-state index in [0.29, 0.717) is 12.8 Å². The van der Waals surface area contributed by atoms with Crippen LogP contribution in [0.4, 0.5) is 0 Å². The first-order valence-electron chi connectivity index (χ1n) is 10.0. The van der Waals surface area contributed by atoms with E-state index in [1.807, 2.05) is 0 Å². The van der Waals surface area contributed by atoms with E-state index >= 15 is 0 Å². The van der Waals surface area contributed by atoms with Crippen LogP contribution in [0.15, 0.2) is 0 Å². The van der Waals surface area contributed by atoms with E-state index in [2.05, 4.69) is 0 Å². The van der Waals surface area contributed by atoms with E-state index in [0.717, 1.165) is 37.5 Å². The summed E-state index contributed by atoms with van der Waals surface area (Å²) in [6.45, 7) is 0. The number of aliphatic carboxylic acids is 2. The zero-order valence-corrected chi connectivity index (χ0v) is 17.4. The van der Waals surface area contributed by atoms with Gasteiger partial charge in [-0.1, -0.05) is 64.2 Å². The van der Waals surface area contributed by atoms with Gasteiger partial charge in [-0.2, -0.15) is 0 Å². The van der Waals surface area contributed by atoms with Crippen molar-refractivity contribution < 1.29 is 25.3 Å². The molecule has 151 valence electrons. The van der Waals surface area contributed by atoms with Crippen LogP contribution in [0.3, 0.4) is 0 Å². The van der Waals surface area contributed by atoms with Crippen molar-refractivity contribution >= 4 is 29.3 Å². The Bertz CT molecular complexity index is 316. The van der Waals surface area contributed by atoms with Gasteiger partial charge in [0.15, 0.2) is 0 Å². The molecule has 2 saturated carbocycles. The first-order chi connectivity index (χ1) is 11.6. The van der Waals surface area contributed by atoms with Gasteiger partial charge in [0.05, 0.1) is 0 Å². The Kier molecular flexibility index (Phi) is 19.0. The van der Waals surface area contributed by atoms with Crippen molar-refractivity contribution in [2.45, 2.75) is 103 Å². The fourth-order valence-corrected chi connectivity index (χ4v) is 4.04. The standard InChI is InChI=1S/2C10H18O2.Al.H2O/c2*11-10(12)8-4-7-9-5-2-1-3-6-9;;/h2*9H,1-8H2,(H,11,12);;1H2.